The van der Waals surface area contributed by atoms with E-state index in [-0.39, 0.29) is 0 Å². The van der Waals surface area contributed by atoms with E-state index in [1.807, 2.05) is 12.1 Å². The number of halogens is 1. The Hall–Kier alpha value is -0.570. The van der Waals surface area contributed by atoms with Crippen LogP contribution < -0.4 is 5.32 Å². The molecule has 1 heterocycles. The number of benzene rings is 1. The van der Waals surface area contributed by atoms with Crippen LogP contribution in [0, 0.1) is 5.92 Å². The van der Waals surface area contributed by atoms with Gasteiger partial charge in [0.25, 0.3) is 0 Å². The van der Waals surface area contributed by atoms with Gasteiger partial charge in [-0.25, -0.2) is 0 Å². The Labute approximate surface area is 109 Å². The van der Waals surface area contributed by atoms with Gasteiger partial charge in [-0.15, -0.1) is 0 Å². The van der Waals surface area contributed by atoms with Crippen molar-refractivity contribution in [3.8, 4) is 0 Å². The third-order valence-corrected chi connectivity index (χ3v) is 3.61. The standard InChI is InChI=1S/C14H21ClN2/c1-17(10-12-5-7-16-8-6-12)11-13-3-2-4-14(15)9-13/h2-4,9,12,16H,5-8,10-11H2,1H3. The number of hydrogen-bond acceptors (Lipinski definition) is 2. The maximum Gasteiger partial charge on any atom is 0.0409 e. The van der Waals surface area contributed by atoms with Gasteiger partial charge in [0.05, 0.1) is 0 Å². The van der Waals surface area contributed by atoms with Gasteiger partial charge < -0.3 is 10.2 Å². The van der Waals surface area contributed by atoms with Crippen molar-refractivity contribution in [3.63, 3.8) is 0 Å². The first-order valence-electron chi connectivity index (χ1n) is 6.38. The third-order valence-electron chi connectivity index (χ3n) is 3.37. The van der Waals surface area contributed by atoms with Crippen LogP contribution in [0.15, 0.2) is 24.3 Å². The second-order valence-electron chi connectivity index (χ2n) is 5.02. The van der Waals surface area contributed by atoms with Crippen LogP contribution in [0.25, 0.3) is 0 Å². The highest BCUT2D eigenvalue weighted by Gasteiger charge is 2.14. The molecule has 0 spiro atoms. The summed E-state index contributed by atoms with van der Waals surface area (Å²) < 4.78 is 0. The molecule has 2 nitrogen and oxygen atoms in total. The summed E-state index contributed by atoms with van der Waals surface area (Å²) in [5, 5.41) is 4.24. The molecular formula is C14H21ClN2. The summed E-state index contributed by atoms with van der Waals surface area (Å²) in [6, 6.07) is 8.15. The Balaban J connectivity index is 1.82. The predicted octanol–water partition coefficient (Wildman–Crippen LogP) is 2.77. The summed E-state index contributed by atoms with van der Waals surface area (Å²) in [7, 11) is 2.20. The lowest BCUT2D eigenvalue weighted by Gasteiger charge is -2.27. The van der Waals surface area contributed by atoms with E-state index in [9.17, 15) is 0 Å². The molecule has 0 radical (unpaired) electrons. The maximum absolute atomic E-state index is 5.99. The van der Waals surface area contributed by atoms with E-state index in [4.69, 9.17) is 11.6 Å². The molecule has 1 aromatic rings. The molecule has 0 saturated carbocycles. The predicted molar refractivity (Wildman–Crippen MR) is 73.4 cm³/mol. The smallest absolute Gasteiger partial charge is 0.0409 e. The molecule has 0 amide bonds. The van der Waals surface area contributed by atoms with Crippen molar-refractivity contribution < 1.29 is 0 Å². The first-order chi connectivity index (χ1) is 8.24. The van der Waals surface area contributed by atoms with Crippen molar-refractivity contribution in [2.45, 2.75) is 19.4 Å². The van der Waals surface area contributed by atoms with Crippen LogP contribution in [0.4, 0.5) is 0 Å². The van der Waals surface area contributed by atoms with E-state index >= 15 is 0 Å². The van der Waals surface area contributed by atoms with Crippen molar-refractivity contribution in [3.05, 3.63) is 34.9 Å². The Morgan fingerprint density at radius 2 is 2.12 bits per heavy atom. The van der Waals surface area contributed by atoms with Crippen molar-refractivity contribution in [2.24, 2.45) is 5.92 Å². The lowest BCUT2D eigenvalue weighted by molar-refractivity contribution is 0.234. The highest BCUT2D eigenvalue weighted by molar-refractivity contribution is 6.30. The summed E-state index contributed by atoms with van der Waals surface area (Å²) in [6.45, 7) is 4.53. The van der Waals surface area contributed by atoms with E-state index in [0.717, 1.165) is 17.5 Å². The van der Waals surface area contributed by atoms with Crippen LogP contribution in [0.1, 0.15) is 18.4 Å². The van der Waals surface area contributed by atoms with Crippen molar-refractivity contribution in [1.29, 1.82) is 0 Å². The number of nitrogens with one attached hydrogen (secondary N) is 1. The monoisotopic (exact) mass is 252 g/mol. The Kier molecular flexibility index (Phi) is 4.84. The van der Waals surface area contributed by atoms with Crippen LogP contribution in [-0.4, -0.2) is 31.6 Å². The normalized spacial score (nSPS) is 17.6. The fourth-order valence-corrected chi connectivity index (χ4v) is 2.73. The Bertz CT molecular complexity index is 348. The first kappa shape index (κ1) is 12.9. The lowest BCUT2D eigenvalue weighted by Crippen LogP contribution is -2.34. The molecule has 0 aliphatic carbocycles. The molecule has 0 bridgehead atoms. The van der Waals surface area contributed by atoms with E-state index < -0.39 is 0 Å². The molecule has 17 heavy (non-hydrogen) atoms. The zero-order valence-corrected chi connectivity index (χ0v) is 11.2. The van der Waals surface area contributed by atoms with Gasteiger partial charge in [-0.2, -0.15) is 0 Å². The minimum atomic E-state index is 0.831. The maximum atomic E-state index is 5.99. The topological polar surface area (TPSA) is 15.3 Å². The van der Waals surface area contributed by atoms with Gasteiger partial charge in [0, 0.05) is 18.1 Å². The number of piperidine rings is 1. The van der Waals surface area contributed by atoms with E-state index in [1.54, 1.807) is 0 Å². The summed E-state index contributed by atoms with van der Waals surface area (Å²) in [4.78, 5) is 2.40. The van der Waals surface area contributed by atoms with Gasteiger partial charge in [-0.05, 0) is 56.6 Å². The first-order valence-corrected chi connectivity index (χ1v) is 6.75. The van der Waals surface area contributed by atoms with Crippen LogP contribution in [0.5, 0.6) is 0 Å². The van der Waals surface area contributed by atoms with Gasteiger partial charge in [-0.1, -0.05) is 23.7 Å². The molecule has 1 saturated heterocycles. The van der Waals surface area contributed by atoms with Gasteiger partial charge >= 0.3 is 0 Å². The van der Waals surface area contributed by atoms with E-state index in [1.165, 1.54) is 38.0 Å². The zero-order valence-electron chi connectivity index (χ0n) is 10.5. The van der Waals surface area contributed by atoms with Gasteiger partial charge in [0.1, 0.15) is 0 Å². The lowest BCUT2D eigenvalue weighted by atomic mass is 9.97. The molecule has 1 aliphatic heterocycles. The second kappa shape index (κ2) is 6.39. The SMILES string of the molecule is CN(Cc1cccc(Cl)c1)CC1CCNCC1. The summed E-state index contributed by atoms with van der Waals surface area (Å²) in [5.41, 5.74) is 1.30. The van der Waals surface area contributed by atoms with Gasteiger partial charge in [-0.3, -0.25) is 0 Å². The van der Waals surface area contributed by atoms with Crippen LogP contribution in [-0.2, 0) is 6.54 Å². The second-order valence-corrected chi connectivity index (χ2v) is 5.46. The molecule has 1 fully saturated rings. The fourth-order valence-electron chi connectivity index (χ4n) is 2.52. The van der Waals surface area contributed by atoms with Crippen molar-refractivity contribution in [1.82, 2.24) is 10.2 Å². The number of hydrogen-bond donors (Lipinski definition) is 1. The molecule has 1 aliphatic rings. The molecule has 0 unspecified atom stereocenters. The number of rotatable bonds is 4. The van der Waals surface area contributed by atoms with Crippen LogP contribution in [0.2, 0.25) is 5.02 Å². The third kappa shape index (κ3) is 4.30. The molecule has 0 atom stereocenters. The minimum Gasteiger partial charge on any atom is -0.317 e. The Morgan fingerprint density at radius 3 is 2.82 bits per heavy atom. The molecule has 0 aromatic heterocycles. The van der Waals surface area contributed by atoms with Gasteiger partial charge in [0.15, 0.2) is 0 Å². The zero-order chi connectivity index (χ0) is 12.1. The van der Waals surface area contributed by atoms with Crippen LogP contribution >= 0.6 is 11.6 Å². The number of nitrogens with zero attached hydrogens (tertiary/aromatic N) is 1. The molecule has 3 heteroatoms. The quantitative estimate of drug-likeness (QED) is 0.887. The highest BCUT2D eigenvalue weighted by atomic mass is 35.5. The van der Waals surface area contributed by atoms with Crippen molar-refractivity contribution >= 4 is 11.6 Å². The fraction of sp³-hybridized carbons (Fsp3) is 0.571. The average molecular weight is 253 g/mol. The Morgan fingerprint density at radius 1 is 1.35 bits per heavy atom. The summed E-state index contributed by atoms with van der Waals surface area (Å²) in [6.07, 6.45) is 2.61. The molecule has 1 N–H and O–H groups in total. The van der Waals surface area contributed by atoms with Crippen LogP contribution in [0.3, 0.4) is 0 Å². The minimum absolute atomic E-state index is 0.831. The average Bonchev–Trinajstić information content (AvgIpc) is 2.30. The van der Waals surface area contributed by atoms with Gasteiger partial charge in [0.2, 0.25) is 0 Å². The highest BCUT2D eigenvalue weighted by Crippen LogP contribution is 2.16. The largest absolute Gasteiger partial charge is 0.317 e. The molecule has 2 rings (SSSR count). The summed E-state index contributed by atoms with van der Waals surface area (Å²) in [5.74, 6) is 0.848. The van der Waals surface area contributed by atoms with E-state index in [0.29, 0.717) is 0 Å². The molecular weight excluding hydrogens is 232 g/mol. The summed E-state index contributed by atoms with van der Waals surface area (Å²) >= 11 is 5.99. The van der Waals surface area contributed by atoms with Crippen molar-refractivity contribution in [2.75, 3.05) is 26.7 Å². The van der Waals surface area contributed by atoms with E-state index in [2.05, 4.69) is 29.4 Å². The molecule has 1 aromatic carbocycles. The molecule has 94 valence electrons.